The summed E-state index contributed by atoms with van der Waals surface area (Å²) in [6.07, 6.45) is 7.10. The molecule has 6 nitrogen and oxygen atoms in total. The first-order valence-electron chi connectivity index (χ1n) is 10.2. The molecule has 1 saturated carbocycles. The number of rotatable bonds is 6. The second-order valence-electron chi connectivity index (χ2n) is 7.73. The third kappa shape index (κ3) is 4.20. The molecule has 0 radical (unpaired) electrons. The van der Waals surface area contributed by atoms with Gasteiger partial charge in [0.1, 0.15) is 5.50 Å². The molecule has 2 aliphatic rings. The molecular formula is C21H28N4O2S. The van der Waals surface area contributed by atoms with Gasteiger partial charge in [-0.3, -0.25) is 14.9 Å². The lowest BCUT2D eigenvalue weighted by molar-refractivity contribution is -0.129. The predicted molar refractivity (Wildman–Crippen MR) is 113 cm³/mol. The largest absolute Gasteiger partial charge is 0.361 e. The maximum atomic E-state index is 12.5. The number of thioether (sulfide) groups is 1. The fraction of sp³-hybridized carbons (Fsp3) is 0.524. The minimum absolute atomic E-state index is 0.00616. The van der Waals surface area contributed by atoms with Gasteiger partial charge in [-0.1, -0.05) is 31.0 Å². The van der Waals surface area contributed by atoms with Crippen molar-refractivity contribution in [3.63, 3.8) is 0 Å². The average molecular weight is 401 g/mol. The number of hydrogen-bond acceptors (Lipinski definition) is 4. The van der Waals surface area contributed by atoms with E-state index in [2.05, 4.69) is 33.1 Å². The summed E-state index contributed by atoms with van der Waals surface area (Å²) in [7, 11) is 0. The van der Waals surface area contributed by atoms with Crippen molar-refractivity contribution in [3.05, 3.63) is 36.0 Å². The highest BCUT2D eigenvalue weighted by molar-refractivity contribution is 8.01. The average Bonchev–Trinajstić information content (AvgIpc) is 3.11. The molecule has 7 heteroatoms. The molecule has 1 aromatic carbocycles. The molecule has 4 unspecified atom stereocenters. The Labute approximate surface area is 169 Å². The highest BCUT2D eigenvalue weighted by Crippen LogP contribution is 2.29. The molecule has 1 saturated heterocycles. The number of amides is 2. The molecule has 28 heavy (non-hydrogen) atoms. The van der Waals surface area contributed by atoms with E-state index in [4.69, 9.17) is 0 Å². The predicted octanol–water partition coefficient (Wildman–Crippen LogP) is 2.51. The lowest BCUT2D eigenvalue weighted by Crippen LogP contribution is -2.61. The molecule has 1 aromatic heterocycles. The first-order chi connectivity index (χ1) is 13.6. The summed E-state index contributed by atoms with van der Waals surface area (Å²) in [5.41, 5.74) is 2.13. The lowest BCUT2D eigenvalue weighted by Gasteiger charge is -2.40. The summed E-state index contributed by atoms with van der Waals surface area (Å²) in [5, 5.41) is 10.5. The van der Waals surface area contributed by atoms with Crippen LogP contribution in [0.5, 0.6) is 0 Å². The molecule has 1 aliphatic heterocycles. The fourth-order valence-corrected chi connectivity index (χ4v) is 5.31. The molecule has 4 N–H and O–H groups in total. The van der Waals surface area contributed by atoms with Gasteiger partial charge in [-0.15, -0.1) is 11.8 Å². The summed E-state index contributed by atoms with van der Waals surface area (Å²) >= 11 is 1.48. The van der Waals surface area contributed by atoms with E-state index >= 15 is 0 Å². The van der Waals surface area contributed by atoms with Crippen molar-refractivity contribution in [2.24, 2.45) is 5.92 Å². The second-order valence-corrected chi connectivity index (χ2v) is 9.18. The number of aromatic amines is 1. The zero-order chi connectivity index (χ0) is 19.5. The van der Waals surface area contributed by atoms with Gasteiger partial charge in [0.2, 0.25) is 11.8 Å². The molecule has 2 heterocycles. The van der Waals surface area contributed by atoms with Crippen LogP contribution in [0, 0.1) is 5.92 Å². The minimum atomic E-state index is -0.235. The van der Waals surface area contributed by atoms with Gasteiger partial charge in [0.15, 0.2) is 0 Å². The Kier molecular flexibility index (Phi) is 5.92. The molecule has 2 fully saturated rings. The number of carbonyl (C=O) groups is 2. The number of carbonyl (C=O) groups excluding carboxylic acids is 2. The van der Waals surface area contributed by atoms with Crippen molar-refractivity contribution in [2.75, 3.05) is 6.54 Å². The van der Waals surface area contributed by atoms with Crippen molar-refractivity contribution in [1.82, 2.24) is 20.9 Å². The molecule has 150 valence electrons. The maximum Gasteiger partial charge on any atom is 0.232 e. The summed E-state index contributed by atoms with van der Waals surface area (Å²) < 4.78 is 0. The van der Waals surface area contributed by atoms with Crippen LogP contribution in [-0.2, 0) is 16.0 Å². The summed E-state index contributed by atoms with van der Waals surface area (Å²) in [6, 6.07) is 8.43. The molecule has 1 aliphatic carbocycles. The number of para-hydroxylation sites is 1. The first-order valence-corrected chi connectivity index (χ1v) is 11.1. The van der Waals surface area contributed by atoms with Gasteiger partial charge >= 0.3 is 0 Å². The van der Waals surface area contributed by atoms with Gasteiger partial charge in [0.05, 0.1) is 11.2 Å². The Hall–Kier alpha value is -1.99. The van der Waals surface area contributed by atoms with Crippen LogP contribution in [-0.4, -0.2) is 40.1 Å². The third-order valence-corrected chi connectivity index (χ3v) is 6.97. The standard InChI is InChI=1S/C21H28N4O2S/c1-13(28-21-24-18-9-5-3-7-16(18)20(27)25-21)19(26)22-11-10-14-12-23-17-8-4-2-6-15(14)17/h2,4,6,8,12-13,16,18,21,23-24H,3,5,7,9-11H2,1H3,(H,22,26)(H,25,27). The number of benzene rings is 1. The van der Waals surface area contributed by atoms with Crippen molar-refractivity contribution in [3.8, 4) is 0 Å². The zero-order valence-electron chi connectivity index (χ0n) is 16.2. The van der Waals surface area contributed by atoms with E-state index < -0.39 is 0 Å². The van der Waals surface area contributed by atoms with E-state index in [0.29, 0.717) is 6.54 Å². The Morgan fingerprint density at radius 3 is 3.00 bits per heavy atom. The molecular weight excluding hydrogens is 372 g/mol. The molecule has 0 bridgehead atoms. The lowest BCUT2D eigenvalue weighted by atomic mass is 9.83. The smallest absolute Gasteiger partial charge is 0.232 e. The highest BCUT2D eigenvalue weighted by atomic mass is 32.2. The third-order valence-electron chi connectivity index (χ3n) is 5.82. The van der Waals surface area contributed by atoms with E-state index in [9.17, 15) is 9.59 Å². The molecule has 2 amide bonds. The van der Waals surface area contributed by atoms with E-state index in [1.165, 1.54) is 29.1 Å². The van der Waals surface area contributed by atoms with Crippen LogP contribution in [0.15, 0.2) is 30.5 Å². The number of fused-ring (bicyclic) bond motifs is 2. The molecule has 2 aromatic rings. The van der Waals surface area contributed by atoms with Crippen LogP contribution in [0.3, 0.4) is 0 Å². The summed E-state index contributed by atoms with van der Waals surface area (Å²) in [6.45, 7) is 2.49. The SMILES string of the molecule is CC(SC1NC(=O)C2CCCCC2N1)C(=O)NCCc1c[nH]c2ccccc12. The fourth-order valence-electron chi connectivity index (χ4n) is 4.26. The van der Waals surface area contributed by atoms with Crippen molar-refractivity contribution in [2.45, 2.75) is 55.8 Å². The number of aromatic nitrogens is 1. The number of hydrogen-bond donors (Lipinski definition) is 4. The van der Waals surface area contributed by atoms with Crippen molar-refractivity contribution >= 4 is 34.5 Å². The maximum absolute atomic E-state index is 12.5. The summed E-state index contributed by atoms with van der Waals surface area (Å²) in [5.74, 6) is 0.227. The van der Waals surface area contributed by atoms with E-state index in [1.54, 1.807) is 0 Å². The molecule has 0 spiro atoms. The van der Waals surface area contributed by atoms with Crippen molar-refractivity contribution in [1.29, 1.82) is 0 Å². The van der Waals surface area contributed by atoms with Gasteiger partial charge < -0.3 is 15.6 Å². The number of H-pyrrole nitrogens is 1. The van der Waals surface area contributed by atoms with Crippen LogP contribution < -0.4 is 16.0 Å². The molecule has 4 rings (SSSR count). The van der Waals surface area contributed by atoms with Crippen LogP contribution in [0.2, 0.25) is 0 Å². The minimum Gasteiger partial charge on any atom is -0.361 e. The molecule has 4 atom stereocenters. The van der Waals surface area contributed by atoms with Crippen LogP contribution >= 0.6 is 11.8 Å². The zero-order valence-corrected chi connectivity index (χ0v) is 17.0. The van der Waals surface area contributed by atoms with E-state index in [-0.39, 0.29) is 34.5 Å². The Morgan fingerprint density at radius 2 is 2.11 bits per heavy atom. The van der Waals surface area contributed by atoms with Gasteiger partial charge in [0, 0.05) is 29.7 Å². The Balaban J connectivity index is 1.25. The van der Waals surface area contributed by atoms with E-state index in [1.807, 2.05) is 25.3 Å². The normalized spacial score (nSPS) is 25.8. The Bertz CT molecular complexity index is 852. The van der Waals surface area contributed by atoms with Gasteiger partial charge in [-0.25, -0.2) is 0 Å². The number of nitrogens with one attached hydrogen (secondary N) is 4. The highest BCUT2D eigenvalue weighted by Gasteiger charge is 2.38. The first kappa shape index (κ1) is 19.3. The van der Waals surface area contributed by atoms with E-state index in [0.717, 1.165) is 31.2 Å². The van der Waals surface area contributed by atoms with Crippen LogP contribution in [0.1, 0.15) is 38.2 Å². The quantitative estimate of drug-likeness (QED) is 0.600. The second kappa shape index (κ2) is 8.57. The van der Waals surface area contributed by atoms with Gasteiger partial charge in [-0.05, 0) is 37.8 Å². The monoisotopic (exact) mass is 400 g/mol. The topological polar surface area (TPSA) is 86.0 Å². The van der Waals surface area contributed by atoms with Gasteiger partial charge in [-0.2, -0.15) is 0 Å². The summed E-state index contributed by atoms with van der Waals surface area (Å²) in [4.78, 5) is 28.1. The van der Waals surface area contributed by atoms with Crippen LogP contribution in [0.25, 0.3) is 10.9 Å². The Morgan fingerprint density at radius 1 is 1.29 bits per heavy atom. The van der Waals surface area contributed by atoms with Crippen LogP contribution in [0.4, 0.5) is 0 Å². The van der Waals surface area contributed by atoms with Crippen molar-refractivity contribution < 1.29 is 9.59 Å². The van der Waals surface area contributed by atoms with Gasteiger partial charge in [0.25, 0.3) is 0 Å².